The van der Waals surface area contributed by atoms with Crippen LogP contribution >= 0.6 is 0 Å². The van der Waals surface area contributed by atoms with Gasteiger partial charge < -0.3 is 4.74 Å². The lowest BCUT2D eigenvalue weighted by Gasteiger charge is -2.06. The summed E-state index contributed by atoms with van der Waals surface area (Å²) in [6.07, 6.45) is 4.33. The molecular weight excluding hydrogens is 190 g/mol. The summed E-state index contributed by atoms with van der Waals surface area (Å²) in [4.78, 5) is 15.7. The van der Waals surface area contributed by atoms with Gasteiger partial charge in [-0.2, -0.15) is 0 Å². The highest BCUT2D eigenvalue weighted by atomic mass is 16.5. The second kappa shape index (κ2) is 6.17. The SMILES string of the molecule is CCCOC(=O)c1ncccc1CCC. The van der Waals surface area contributed by atoms with Gasteiger partial charge in [0.05, 0.1) is 6.61 Å². The maximum absolute atomic E-state index is 11.6. The fourth-order valence-corrected chi connectivity index (χ4v) is 1.36. The van der Waals surface area contributed by atoms with Gasteiger partial charge in [-0.1, -0.05) is 26.3 Å². The summed E-state index contributed by atoms with van der Waals surface area (Å²) in [5.74, 6) is -0.305. The third kappa shape index (κ3) is 3.35. The molecule has 0 saturated carbocycles. The molecular formula is C12H17NO2. The van der Waals surface area contributed by atoms with Crippen LogP contribution in [0.4, 0.5) is 0 Å². The number of aromatic nitrogens is 1. The van der Waals surface area contributed by atoms with Crippen molar-refractivity contribution in [2.75, 3.05) is 6.61 Å². The Morgan fingerprint density at radius 2 is 2.20 bits per heavy atom. The molecule has 0 fully saturated rings. The topological polar surface area (TPSA) is 39.2 Å². The van der Waals surface area contributed by atoms with Crippen molar-refractivity contribution in [2.24, 2.45) is 0 Å². The van der Waals surface area contributed by atoms with Crippen molar-refractivity contribution in [2.45, 2.75) is 33.1 Å². The lowest BCUT2D eigenvalue weighted by atomic mass is 10.1. The van der Waals surface area contributed by atoms with E-state index in [0.717, 1.165) is 24.8 Å². The summed E-state index contributed by atoms with van der Waals surface area (Å²) < 4.78 is 5.06. The average Bonchev–Trinajstić information content (AvgIpc) is 2.27. The largest absolute Gasteiger partial charge is 0.461 e. The number of carbonyl (C=O) groups excluding carboxylic acids is 1. The van der Waals surface area contributed by atoms with E-state index in [-0.39, 0.29) is 5.97 Å². The highest BCUT2D eigenvalue weighted by molar-refractivity contribution is 5.88. The van der Waals surface area contributed by atoms with Crippen molar-refractivity contribution in [3.63, 3.8) is 0 Å². The van der Waals surface area contributed by atoms with E-state index in [1.165, 1.54) is 0 Å². The Morgan fingerprint density at radius 3 is 2.87 bits per heavy atom. The smallest absolute Gasteiger partial charge is 0.357 e. The number of hydrogen-bond acceptors (Lipinski definition) is 3. The Labute approximate surface area is 90.5 Å². The van der Waals surface area contributed by atoms with Crippen LogP contribution < -0.4 is 0 Å². The van der Waals surface area contributed by atoms with Crippen LogP contribution in [0.5, 0.6) is 0 Å². The minimum absolute atomic E-state index is 0.305. The van der Waals surface area contributed by atoms with E-state index in [1.807, 2.05) is 19.1 Å². The molecule has 0 radical (unpaired) electrons. The predicted octanol–water partition coefficient (Wildman–Crippen LogP) is 2.60. The van der Waals surface area contributed by atoms with Gasteiger partial charge in [0.1, 0.15) is 0 Å². The number of carbonyl (C=O) groups is 1. The molecule has 0 bridgehead atoms. The van der Waals surface area contributed by atoms with Crippen molar-refractivity contribution in [3.8, 4) is 0 Å². The second-order valence-corrected chi connectivity index (χ2v) is 3.40. The molecule has 0 amide bonds. The van der Waals surface area contributed by atoms with Gasteiger partial charge >= 0.3 is 5.97 Å². The lowest BCUT2D eigenvalue weighted by molar-refractivity contribution is 0.0497. The fourth-order valence-electron chi connectivity index (χ4n) is 1.36. The molecule has 1 aromatic heterocycles. The van der Waals surface area contributed by atoms with Gasteiger partial charge in [0.25, 0.3) is 0 Å². The first-order chi connectivity index (χ1) is 7.29. The van der Waals surface area contributed by atoms with E-state index >= 15 is 0 Å². The van der Waals surface area contributed by atoms with Gasteiger partial charge in [0.2, 0.25) is 0 Å². The van der Waals surface area contributed by atoms with Crippen LogP contribution in [0.2, 0.25) is 0 Å². The van der Waals surface area contributed by atoms with Gasteiger partial charge in [-0.3, -0.25) is 0 Å². The molecule has 15 heavy (non-hydrogen) atoms. The monoisotopic (exact) mass is 207 g/mol. The molecule has 1 rings (SSSR count). The van der Waals surface area contributed by atoms with Gasteiger partial charge in [0.15, 0.2) is 5.69 Å². The number of pyridine rings is 1. The van der Waals surface area contributed by atoms with Gasteiger partial charge in [-0.05, 0) is 24.5 Å². The van der Waals surface area contributed by atoms with Crippen molar-refractivity contribution in [1.82, 2.24) is 4.98 Å². The Morgan fingerprint density at radius 1 is 1.40 bits per heavy atom. The molecule has 0 N–H and O–H groups in total. The molecule has 3 heteroatoms. The van der Waals surface area contributed by atoms with Crippen LogP contribution in [0.3, 0.4) is 0 Å². The van der Waals surface area contributed by atoms with Crippen LogP contribution in [0.1, 0.15) is 42.7 Å². The second-order valence-electron chi connectivity index (χ2n) is 3.40. The highest BCUT2D eigenvalue weighted by Crippen LogP contribution is 2.09. The van der Waals surface area contributed by atoms with E-state index in [1.54, 1.807) is 6.20 Å². The van der Waals surface area contributed by atoms with Gasteiger partial charge in [-0.25, -0.2) is 9.78 Å². The summed E-state index contributed by atoms with van der Waals surface area (Å²) in [5, 5.41) is 0. The molecule has 1 aromatic rings. The summed E-state index contributed by atoms with van der Waals surface area (Å²) >= 11 is 0. The van der Waals surface area contributed by atoms with E-state index in [0.29, 0.717) is 12.3 Å². The molecule has 0 spiro atoms. The standard InChI is InChI=1S/C12H17NO2/c1-3-6-10-7-5-8-13-11(10)12(14)15-9-4-2/h5,7-8H,3-4,6,9H2,1-2H3. The number of nitrogens with zero attached hydrogens (tertiary/aromatic N) is 1. The quantitative estimate of drug-likeness (QED) is 0.697. The fraction of sp³-hybridized carbons (Fsp3) is 0.500. The van der Waals surface area contributed by atoms with Crippen molar-refractivity contribution in [1.29, 1.82) is 0 Å². The third-order valence-corrected chi connectivity index (χ3v) is 2.04. The molecule has 3 nitrogen and oxygen atoms in total. The Kier molecular flexibility index (Phi) is 4.81. The number of ether oxygens (including phenoxy) is 1. The lowest BCUT2D eigenvalue weighted by Crippen LogP contribution is -2.11. The van der Waals surface area contributed by atoms with Crippen LogP contribution in [0, 0.1) is 0 Å². The predicted molar refractivity (Wildman–Crippen MR) is 58.8 cm³/mol. The molecule has 82 valence electrons. The molecule has 0 aliphatic rings. The minimum atomic E-state index is -0.305. The Bertz CT molecular complexity index is 323. The summed E-state index contributed by atoms with van der Waals surface area (Å²) in [5.41, 5.74) is 1.44. The zero-order valence-electron chi connectivity index (χ0n) is 9.32. The van der Waals surface area contributed by atoms with E-state index in [2.05, 4.69) is 11.9 Å². The molecule has 0 saturated heterocycles. The van der Waals surface area contributed by atoms with Gasteiger partial charge in [0, 0.05) is 6.20 Å². The number of esters is 1. The molecule has 0 atom stereocenters. The first-order valence-corrected chi connectivity index (χ1v) is 5.40. The highest BCUT2D eigenvalue weighted by Gasteiger charge is 2.12. The number of rotatable bonds is 5. The third-order valence-electron chi connectivity index (χ3n) is 2.04. The van der Waals surface area contributed by atoms with E-state index in [9.17, 15) is 4.79 Å². The molecule has 1 heterocycles. The van der Waals surface area contributed by atoms with E-state index in [4.69, 9.17) is 4.74 Å². The minimum Gasteiger partial charge on any atom is -0.461 e. The van der Waals surface area contributed by atoms with Crippen molar-refractivity contribution >= 4 is 5.97 Å². The zero-order chi connectivity index (χ0) is 11.1. The zero-order valence-corrected chi connectivity index (χ0v) is 9.32. The summed E-state index contributed by atoms with van der Waals surface area (Å²) in [6, 6.07) is 3.78. The van der Waals surface area contributed by atoms with Crippen LogP contribution in [-0.2, 0) is 11.2 Å². The number of hydrogen-bond donors (Lipinski definition) is 0. The Balaban J connectivity index is 2.77. The first kappa shape index (κ1) is 11.7. The first-order valence-electron chi connectivity index (χ1n) is 5.40. The van der Waals surface area contributed by atoms with E-state index < -0.39 is 0 Å². The van der Waals surface area contributed by atoms with Crippen molar-refractivity contribution in [3.05, 3.63) is 29.6 Å². The molecule has 0 aliphatic heterocycles. The maximum Gasteiger partial charge on any atom is 0.357 e. The molecule has 0 unspecified atom stereocenters. The number of aryl methyl sites for hydroxylation is 1. The van der Waals surface area contributed by atoms with Crippen molar-refractivity contribution < 1.29 is 9.53 Å². The normalized spacial score (nSPS) is 10.0. The summed E-state index contributed by atoms with van der Waals surface area (Å²) in [6.45, 7) is 4.51. The molecule has 0 aliphatic carbocycles. The maximum atomic E-state index is 11.6. The summed E-state index contributed by atoms with van der Waals surface area (Å²) in [7, 11) is 0. The Hall–Kier alpha value is -1.38. The van der Waals surface area contributed by atoms with Crippen LogP contribution in [0.15, 0.2) is 18.3 Å². The average molecular weight is 207 g/mol. The van der Waals surface area contributed by atoms with Gasteiger partial charge in [-0.15, -0.1) is 0 Å². The van der Waals surface area contributed by atoms with Crippen LogP contribution in [-0.4, -0.2) is 17.6 Å². The van der Waals surface area contributed by atoms with Crippen LogP contribution in [0.25, 0.3) is 0 Å². The molecule has 0 aromatic carbocycles.